The van der Waals surface area contributed by atoms with E-state index in [1.807, 2.05) is 12.3 Å². The van der Waals surface area contributed by atoms with Crippen molar-refractivity contribution in [2.75, 3.05) is 0 Å². The lowest BCUT2D eigenvalue weighted by atomic mass is 10.1. The van der Waals surface area contributed by atoms with Crippen LogP contribution in [0.25, 0.3) is 22.2 Å². The first-order valence-corrected chi connectivity index (χ1v) is 6.29. The molecule has 0 radical (unpaired) electrons. The predicted molar refractivity (Wildman–Crippen MR) is 74.6 cm³/mol. The number of benzene rings is 1. The number of aromatic amines is 1. The summed E-state index contributed by atoms with van der Waals surface area (Å²) in [6.45, 7) is 6.41. The first-order valence-electron chi connectivity index (χ1n) is 6.29. The fourth-order valence-corrected chi connectivity index (χ4v) is 2.43. The zero-order chi connectivity index (χ0) is 12.7. The topological polar surface area (TPSA) is 33.6 Å². The Hall–Kier alpha value is -2.03. The van der Waals surface area contributed by atoms with Crippen LogP contribution in [0.3, 0.4) is 0 Å². The van der Waals surface area contributed by atoms with Crippen molar-refractivity contribution < 1.29 is 0 Å². The van der Waals surface area contributed by atoms with Crippen LogP contribution in [-0.4, -0.2) is 14.8 Å². The van der Waals surface area contributed by atoms with E-state index in [0.717, 1.165) is 11.2 Å². The number of nitrogens with one attached hydrogen (secondary N) is 1. The summed E-state index contributed by atoms with van der Waals surface area (Å²) in [4.78, 5) is 3.30. The number of aryl methyl sites for hydroxylation is 1. The van der Waals surface area contributed by atoms with E-state index in [4.69, 9.17) is 5.10 Å². The summed E-state index contributed by atoms with van der Waals surface area (Å²) in [7, 11) is 0. The van der Waals surface area contributed by atoms with E-state index in [9.17, 15) is 0 Å². The highest BCUT2D eigenvalue weighted by atomic mass is 15.3. The Morgan fingerprint density at radius 2 is 2.00 bits per heavy atom. The monoisotopic (exact) mass is 239 g/mol. The molecular formula is C15H17N3. The first-order chi connectivity index (χ1) is 8.66. The van der Waals surface area contributed by atoms with Gasteiger partial charge in [0.15, 0.2) is 0 Å². The van der Waals surface area contributed by atoms with Crippen molar-refractivity contribution in [1.82, 2.24) is 14.8 Å². The summed E-state index contributed by atoms with van der Waals surface area (Å²) in [5.41, 5.74) is 4.57. The first kappa shape index (κ1) is 11.1. The molecule has 0 amide bonds. The van der Waals surface area contributed by atoms with E-state index in [2.05, 4.69) is 54.7 Å². The number of fused-ring (bicyclic) bond motifs is 1. The van der Waals surface area contributed by atoms with Crippen molar-refractivity contribution >= 4 is 10.9 Å². The third kappa shape index (κ3) is 1.63. The molecule has 0 aliphatic heterocycles. The highest BCUT2D eigenvalue weighted by Crippen LogP contribution is 2.28. The van der Waals surface area contributed by atoms with Crippen LogP contribution in [0.1, 0.15) is 25.6 Å². The number of rotatable bonds is 2. The Labute approximate surface area is 106 Å². The molecule has 0 unspecified atom stereocenters. The van der Waals surface area contributed by atoms with Crippen LogP contribution < -0.4 is 0 Å². The largest absolute Gasteiger partial charge is 0.360 e. The number of H-pyrrole nitrogens is 1. The van der Waals surface area contributed by atoms with Crippen molar-refractivity contribution in [3.05, 3.63) is 42.2 Å². The van der Waals surface area contributed by atoms with E-state index in [0.29, 0.717) is 6.04 Å². The van der Waals surface area contributed by atoms with Crippen LogP contribution in [0.4, 0.5) is 0 Å². The van der Waals surface area contributed by atoms with Crippen LogP contribution in [0.2, 0.25) is 0 Å². The predicted octanol–water partition coefficient (Wildman–Crippen LogP) is 3.92. The molecule has 0 bridgehead atoms. The van der Waals surface area contributed by atoms with Crippen molar-refractivity contribution in [2.24, 2.45) is 0 Å². The molecule has 2 heterocycles. The Kier molecular flexibility index (Phi) is 2.47. The van der Waals surface area contributed by atoms with Gasteiger partial charge < -0.3 is 4.98 Å². The molecule has 0 fully saturated rings. The van der Waals surface area contributed by atoms with Gasteiger partial charge in [-0.15, -0.1) is 0 Å². The SMILES string of the molecule is Cc1cc(-c2c[nH]c3ccccc23)nn1C(C)C. The fourth-order valence-electron chi connectivity index (χ4n) is 2.43. The van der Waals surface area contributed by atoms with Crippen molar-refractivity contribution in [2.45, 2.75) is 26.8 Å². The van der Waals surface area contributed by atoms with Gasteiger partial charge in [0.25, 0.3) is 0 Å². The van der Waals surface area contributed by atoms with E-state index < -0.39 is 0 Å². The van der Waals surface area contributed by atoms with E-state index in [-0.39, 0.29) is 0 Å². The van der Waals surface area contributed by atoms with Gasteiger partial charge in [-0.25, -0.2) is 0 Å². The molecule has 3 heteroatoms. The third-order valence-corrected chi connectivity index (χ3v) is 3.28. The zero-order valence-electron chi connectivity index (χ0n) is 10.9. The maximum atomic E-state index is 4.70. The highest BCUT2D eigenvalue weighted by molar-refractivity contribution is 5.94. The minimum Gasteiger partial charge on any atom is -0.360 e. The van der Waals surface area contributed by atoms with Crippen LogP contribution >= 0.6 is 0 Å². The van der Waals surface area contributed by atoms with Crippen LogP contribution in [0.5, 0.6) is 0 Å². The normalized spacial score (nSPS) is 11.6. The minimum atomic E-state index is 0.393. The number of aromatic nitrogens is 3. The maximum Gasteiger partial charge on any atom is 0.0947 e. The summed E-state index contributed by atoms with van der Waals surface area (Å²) in [6.07, 6.45) is 2.04. The van der Waals surface area contributed by atoms with Crippen molar-refractivity contribution in [1.29, 1.82) is 0 Å². The highest BCUT2D eigenvalue weighted by Gasteiger charge is 2.12. The number of para-hydroxylation sites is 1. The van der Waals surface area contributed by atoms with Crippen molar-refractivity contribution in [3.63, 3.8) is 0 Å². The standard InChI is InChI=1S/C15H17N3/c1-10(2)18-11(3)8-15(17-18)13-9-16-14-7-5-4-6-12(13)14/h4-10,16H,1-3H3. The van der Waals surface area contributed by atoms with E-state index >= 15 is 0 Å². The second kappa shape index (κ2) is 4.02. The van der Waals surface area contributed by atoms with E-state index in [1.165, 1.54) is 16.6 Å². The number of hydrogen-bond acceptors (Lipinski definition) is 1. The lowest BCUT2D eigenvalue weighted by Crippen LogP contribution is -2.04. The Morgan fingerprint density at radius 1 is 1.22 bits per heavy atom. The smallest absolute Gasteiger partial charge is 0.0947 e. The molecule has 1 N–H and O–H groups in total. The van der Waals surface area contributed by atoms with Gasteiger partial charge in [-0.05, 0) is 32.9 Å². The van der Waals surface area contributed by atoms with Gasteiger partial charge in [-0.2, -0.15) is 5.10 Å². The van der Waals surface area contributed by atoms with Gasteiger partial charge >= 0.3 is 0 Å². The molecule has 3 rings (SSSR count). The molecule has 92 valence electrons. The summed E-state index contributed by atoms with van der Waals surface area (Å²) < 4.78 is 2.07. The summed E-state index contributed by atoms with van der Waals surface area (Å²) in [5.74, 6) is 0. The molecule has 0 aliphatic carbocycles. The molecule has 0 aliphatic rings. The van der Waals surface area contributed by atoms with Crippen LogP contribution in [-0.2, 0) is 0 Å². The third-order valence-electron chi connectivity index (χ3n) is 3.28. The van der Waals surface area contributed by atoms with Gasteiger partial charge in [-0.3, -0.25) is 4.68 Å². The molecule has 3 nitrogen and oxygen atoms in total. The average molecular weight is 239 g/mol. The summed E-state index contributed by atoms with van der Waals surface area (Å²) in [5, 5.41) is 5.93. The Bertz CT molecular complexity index is 689. The Balaban J connectivity index is 2.17. The second-order valence-corrected chi connectivity index (χ2v) is 4.96. The summed E-state index contributed by atoms with van der Waals surface area (Å²) >= 11 is 0. The average Bonchev–Trinajstić information content (AvgIpc) is 2.92. The maximum absolute atomic E-state index is 4.70. The zero-order valence-corrected chi connectivity index (χ0v) is 10.9. The molecular weight excluding hydrogens is 222 g/mol. The van der Waals surface area contributed by atoms with Gasteiger partial charge in [0.05, 0.1) is 5.69 Å². The van der Waals surface area contributed by atoms with Gasteiger partial charge in [-0.1, -0.05) is 18.2 Å². The summed E-state index contributed by atoms with van der Waals surface area (Å²) in [6, 6.07) is 10.9. The molecule has 2 aromatic heterocycles. The quantitative estimate of drug-likeness (QED) is 0.722. The molecule has 0 saturated heterocycles. The number of hydrogen-bond donors (Lipinski definition) is 1. The molecule has 1 aromatic carbocycles. The molecule has 18 heavy (non-hydrogen) atoms. The van der Waals surface area contributed by atoms with Crippen molar-refractivity contribution in [3.8, 4) is 11.3 Å². The second-order valence-electron chi connectivity index (χ2n) is 4.96. The molecule has 3 aromatic rings. The molecule has 0 saturated carbocycles. The van der Waals surface area contributed by atoms with Crippen LogP contribution in [0, 0.1) is 6.92 Å². The lowest BCUT2D eigenvalue weighted by Gasteiger charge is -2.06. The van der Waals surface area contributed by atoms with Crippen LogP contribution in [0.15, 0.2) is 36.5 Å². The molecule has 0 spiro atoms. The van der Waals surface area contributed by atoms with E-state index in [1.54, 1.807) is 0 Å². The number of nitrogens with zero attached hydrogens (tertiary/aromatic N) is 2. The fraction of sp³-hybridized carbons (Fsp3) is 0.267. The minimum absolute atomic E-state index is 0.393. The van der Waals surface area contributed by atoms with Gasteiger partial charge in [0, 0.05) is 34.4 Å². The lowest BCUT2D eigenvalue weighted by molar-refractivity contribution is 0.520. The van der Waals surface area contributed by atoms with Gasteiger partial charge in [0.1, 0.15) is 0 Å². The Morgan fingerprint density at radius 3 is 2.72 bits per heavy atom. The van der Waals surface area contributed by atoms with Gasteiger partial charge in [0.2, 0.25) is 0 Å². The molecule has 0 atom stereocenters.